The number of alkyl halides is 2. The van der Waals surface area contributed by atoms with Gasteiger partial charge in [-0.1, -0.05) is 64.5 Å². The van der Waals surface area contributed by atoms with Crippen LogP contribution in [0.25, 0.3) is 0 Å². The molecule has 0 bridgehead atoms. The van der Waals surface area contributed by atoms with Gasteiger partial charge in [0.1, 0.15) is 51.4 Å². The maximum Gasteiger partial charge on any atom is 1.00 e. The summed E-state index contributed by atoms with van der Waals surface area (Å²) in [7, 11) is -21.9. The summed E-state index contributed by atoms with van der Waals surface area (Å²) in [5.41, 5.74) is 2.66. The first-order valence-corrected chi connectivity index (χ1v) is 34.4. The third kappa shape index (κ3) is 35.8. The topological polar surface area (TPSA) is 341 Å². The zero-order valence-electron chi connectivity index (χ0n) is 49.4. The van der Waals surface area contributed by atoms with Crippen LogP contribution >= 0.6 is 52.1 Å². The second-order valence-electron chi connectivity index (χ2n) is 16.5. The Hall–Kier alpha value is -3.13. The predicted octanol–water partition coefficient (Wildman–Crippen LogP) is 6.43. The SMILES string of the molecule is Fc1ccc(S)c(F)c1.O=CO[O-].O=S(=O)(O)c1ccc(CBr)cc1.O=S(=O)(O)c1ccc(CS(=O)(=O)c2ccc(F)cc2F)cc1.O=S(=O)(O)c1ccc(CSc2ccc(F)cc2F)cc1.O=S(=O)(O)c1ccc(CSc2ccc(F)cc2F)cc1.OO.[2H]CF.[H-].[K+].[K+]. The molecule has 39 heteroatoms. The molecular formula is C54H48BrF9K2O19S8. The fraction of sp³-hybridized carbons (Fsp3) is 0.0926. The van der Waals surface area contributed by atoms with Crippen molar-refractivity contribution in [3.63, 3.8) is 0 Å². The van der Waals surface area contributed by atoms with Crippen LogP contribution in [0.1, 0.15) is 25.1 Å². The van der Waals surface area contributed by atoms with Gasteiger partial charge in [-0.05, 0) is 119 Å². The summed E-state index contributed by atoms with van der Waals surface area (Å²) >= 11 is 9.26. The van der Waals surface area contributed by atoms with E-state index in [0.29, 0.717) is 32.7 Å². The van der Waals surface area contributed by atoms with Crippen molar-refractivity contribution >= 4 is 109 Å². The molecule has 0 atom stereocenters. The molecule has 8 rings (SSSR count). The van der Waals surface area contributed by atoms with Crippen LogP contribution in [0.5, 0.6) is 0 Å². The Labute approximate surface area is 638 Å². The van der Waals surface area contributed by atoms with Crippen molar-refractivity contribution in [1.29, 1.82) is 0 Å². The molecule has 0 radical (unpaired) electrons. The Kier molecular flexibility index (Phi) is 43.9. The van der Waals surface area contributed by atoms with E-state index in [1.54, 1.807) is 12.1 Å². The molecule has 0 unspecified atom stereocenters. The monoisotopic (exact) mass is 1580 g/mol. The van der Waals surface area contributed by atoms with Gasteiger partial charge in [0, 0.05) is 55.8 Å². The van der Waals surface area contributed by atoms with E-state index in [2.05, 4.69) is 33.4 Å². The van der Waals surface area contributed by atoms with E-state index in [1.165, 1.54) is 127 Å². The van der Waals surface area contributed by atoms with Crippen LogP contribution < -0.4 is 108 Å². The number of carbonyl (C=O) groups excluding carboxylic acids is 1. The number of thioether (sulfide) groups is 2. The van der Waals surface area contributed by atoms with Gasteiger partial charge < -0.3 is 11.6 Å². The van der Waals surface area contributed by atoms with E-state index in [9.17, 15) is 81.6 Å². The van der Waals surface area contributed by atoms with Crippen LogP contribution in [0, 0.1) is 46.5 Å². The van der Waals surface area contributed by atoms with Gasteiger partial charge in [0.25, 0.3) is 46.9 Å². The number of sulfone groups is 1. The molecule has 6 N–H and O–H groups in total. The fourth-order valence-corrected chi connectivity index (χ4v) is 11.6. The first-order chi connectivity index (χ1) is 42.9. The van der Waals surface area contributed by atoms with Gasteiger partial charge in [-0.3, -0.25) is 37.9 Å². The number of rotatable bonds is 15. The van der Waals surface area contributed by atoms with Crippen LogP contribution in [-0.2, 0) is 82.6 Å². The second-order valence-corrected chi connectivity index (χ2v) is 27.2. The Morgan fingerprint density at radius 2 is 0.753 bits per heavy atom. The first-order valence-electron chi connectivity index (χ1n) is 24.2. The summed E-state index contributed by atoms with van der Waals surface area (Å²) in [5, 5.41) is 21.1. The molecule has 0 amide bonds. The van der Waals surface area contributed by atoms with Crippen molar-refractivity contribution in [1.82, 2.24) is 0 Å². The Morgan fingerprint density at radius 1 is 0.484 bits per heavy atom. The van der Waals surface area contributed by atoms with Crippen LogP contribution in [0.4, 0.5) is 39.5 Å². The second kappa shape index (κ2) is 45.5. The first kappa shape index (κ1) is 89.9. The molecule has 0 heterocycles. The number of thiol groups is 1. The van der Waals surface area contributed by atoms with Crippen LogP contribution in [0.15, 0.2) is 209 Å². The van der Waals surface area contributed by atoms with E-state index < -0.39 is 115 Å². The summed E-state index contributed by atoms with van der Waals surface area (Å²) in [6, 6.07) is 33.6. The number of halogens is 10. The zero-order chi connectivity index (χ0) is 70.2. The smallest absolute Gasteiger partial charge is 1.00 e. The Morgan fingerprint density at radius 3 is 1.01 bits per heavy atom. The minimum Gasteiger partial charge on any atom is -1.00 e. The van der Waals surface area contributed by atoms with Gasteiger partial charge >= 0.3 is 103 Å². The number of hydrogen-bond acceptors (Lipinski definition) is 18. The maximum absolute atomic E-state index is 13.5. The van der Waals surface area contributed by atoms with Gasteiger partial charge in [0.15, 0.2) is 9.84 Å². The summed E-state index contributed by atoms with van der Waals surface area (Å²) < 4.78 is 264. The van der Waals surface area contributed by atoms with Gasteiger partial charge in [-0.2, -0.15) is 33.7 Å². The molecular weight excluding hydrogens is 1540 g/mol. The predicted molar refractivity (Wildman–Crippen MR) is 321 cm³/mol. The molecule has 19 nitrogen and oxygen atoms in total. The summed E-state index contributed by atoms with van der Waals surface area (Å²) in [5.74, 6) is -5.64. The molecule has 93 heavy (non-hydrogen) atoms. The fourth-order valence-electron chi connectivity index (χ4n) is 6.04. The van der Waals surface area contributed by atoms with E-state index >= 15 is 0 Å². The normalized spacial score (nSPS) is 10.8. The average molecular weight is 1590 g/mol. The molecule has 0 saturated carbocycles. The van der Waals surface area contributed by atoms with Gasteiger partial charge in [-0.25, -0.2) is 43.5 Å². The van der Waals surface area contributed by atoms with Crippen molar-refractivity contribution in [2.24, 2.45) is 0 Å². The van der Waals surface area contributed by atoms with Gasteiger partial charge in [0.2, 0.25) is 0 Å². The van der Waals surface area contributed by atoms with Crippen LogP contribution in [0.2, 0.25) is 0 Å². The van der Waals surface area contributed by atoms with Crippen molar-refractivity contribution in [2.75, 3.05) is 7.15 Å². The minimum atomic E-state index is -4.38. The minimum absolute atomic E-state index is 0. The van der Waals surface area contributed by atoms with Crippen molar-refractivity contribution < 1.29 is 231 Å². The van der Waals surface area contributed by atoms with Crippen LogP contribution in [-0.4, -0.2) is 84.4 Å². The summed E-state index contributed by atoms with van der Waals surface area (Å²) in [6.45, 7) is -0.181. The summed E-state index contributed by atoms with van der Waals surface area (Å²) in [4.78, 5) is 10.5. The molecule has 0 aromatic heterocycles. The third-order valence-electron chi connectivity index (χ3n) is 10.2. The molecule has 0 aliphatic carbocycles. The molecule has 8 aromatic carbocycles. The van der Waals surface area contributed by atoms with Crippen molar-refractivity contribution in [3.8, 4) is 0 Å². The van der Waals surface area contributed by atoms with E-state index in [-0.39, 0.29) is 141 Å². The quantitative estimate of drug-likeness (QED) is 0.00555. The number of carbonyl (C=O) groups is 1. The average Bonchev–Trinajstić information content (AvgIpc) is 0.841. The third-order valence-corrected chi connectivity index (χ3v) is 18.6. The molecule has 498 valence electrons. The Bertz CT molecular complexity index is 4110. The van der Waals surface area contributed by atoms with Crippen molar-refractivity contribution in [3.05, 3.63) is 239 Å². The Balaban J connectivity index is -0.00000109. The largest absolute Gasteiger partial charge is 1.00 e. The molecule has 0 aliphatic rings. The molecule has 0 aliphatic heterocycles. The zero-order valence-corrected chi connectivity index (χ0v) is 61.8. The molecule has 0 spiro atoms. The van der Waals surface area contributed by atoms with E-state index in [4.69, 9.17) is 40.1 Å². The number of hydrogen-bond donors (Lipinski definition) is 7. The van der Waals surface area contributed by atoms with Crippen LogP contribution in [0.3, 0.4) is 0 Å². The molecule has 0 fully saturated rings. The number of benzene rings is 8. The van der Waals surface area contributed by atoms with E-state index in [1.807, 2.05) is 0 Å². The van der Waals surface area contributed by atoms with Crippen molar-refractivity contribution in [2.45, 2.75) is 61.8 Å². The van der Waals surface area contributed by atoms with Gasteiger partial charge in [-0.15, -0.1) is 36.2 Å². The molecule has 0 saturated heterocycles. The standard InChI is InChI=1S/C13H10F2O5S2.2C13H10F2O3S2.C7H7BrO3S.C6H4F2S.CH3F.CH2O3.2K.H2O2.H/c14-10-3-6-13(12(15)7-10)21(16,17)8-9-1-4-11(5-2-9)22(18,19)20;2*14-10-3-6-13(12(15)7-10)19-8-9-1-4-11(5-2-9)20(16,17)18;8-5-6-1-3-7(4-2-6)12(9,10)11;7-4-1-2-6(9)5(8)3-4;1-2;2-1-4-3;;;1-2;/h1-7H,8H2,(H,18,19,20);2*1-7H,8H2,(H,16,17,18);1-4H,5H2,(H,9,10,11);1-3,9H;1H3;1,3H;;;1-2H;/q;;;;;;;2*+1;;-1/p-1/i;;;;;1D;;;;;. The van der Waals surface area contributed by atoms with E-state index in [0.717, 1.165) is 65.2 Å². The molecule has 8 aromatic rings. The summed E-state index contributed by atoms with van der Waals surface area (Å²) in [6.07, 6.45) is 0. The maximum atomic E-state index is 13.5. The van der Waals surface area contributed by atoms with Gasteiger partial charge in [0.05, 0.1) is 33.9 Å².